The number of carbonyl (C=O) groups is 1. The summed E-state index contributed by atoms with van der Waals surface area (Å²) in [5.74, 6) is -1.04. The molecule has 0 saturated heterocycles. The Balaban J connectivity index is 3.01. The lowest BCUT2D eigenvalue weighted by Gasteiger charge is -1.98. The third-order valence-electron chi connectivity index (χ3n) is 1.47. The van der Waals surface area contributed by atoms with Gasteiger partial charge in [-0.15, -0.1) is 0 Å². The molecule has 1 aromatic carbocycles. The summed E-state index contributed by atoms with van der Waals surface area (Å²) in [5, 5.41) is 17.4. The maximum Gasteiger partial charge on any atom is 0.335 e. The molecular formula is C9H8O3. The summed E-state index contributed by atoms with van der Waals surface area (Å²) in [4.78, 5) is 10.4. The highest BCUT2D eigenvalue weighted by Gasteiger charge is 2.01. The topological polar surface area (TPSA) is 57.5 Å². The minimum absolute atomic E-state index is 0.0630. The third kappa shape index (κ3) is 1.63. The van der Waals surface area contributed by atoms with E-state index in [0.29, 0.717) is 5.56 Å². The van der Waals surface area contributed by atoms with Crippen molar-refractivity contribution in [2.75, 3.05) is 0 Å². The summed E-state index contributed by atoms with van der Waals surface area (Å²) >= 11 is 0. The van der Waals surface area contributed by atoms with E-state index in [1.54, 1.807) is 0 Å². The Kier molecular flexibility index (Phi) is 2.14. The van der Waals surface area contributed by atoms with Gasteiger partial charge in [0.05, 0.1) is 5.56 Å². The fourth-order valence-electron chi connectivity index (χ4n) is 0.805. The lowest BCUT2D eigenvalue weighted by molar-refractivity contribution is 0.0697. The molecule has 0 atom stereocenters. The molecule has 0 unspecified atom stereocenters. The number of aromatic carboxylic acids is 1. The van der Waals surface area contributed by atoms with E-state index < -0.39 is 5.97 Å². The van der Waals surface area contributed by atoms with Crippen LogP contribution in [0, 0.1) is 0 Å². The summed E-state index contributed by atoms with van der Waals surface area (Å²) in [6.07, 6.45) is 0. The summed E-state index contributed by atoms with van der Waals surface area (Å²) < 4.78 is 0. The molecule has 3 heteroatoms. The first-order valence-electron chi connectivity index (χ1n) is 3.33. The van der Waals surface area contributed by atoms with E-state index in [1.165, 1.54) is 24.3 Å². The van der Waals surface area contributed by atoms with Crippen LogP contribution in [0.4, 0.5) is 0 Å². The van der Waals surface area contributed by atoms with Crippen LogP contribution in [0.1, 0.15) is 15.9 Å². The van der Waals surface area contributed by atoms with Crippen molar-refractivity contribution in [1.82, 2.24) is 0 Å². The van der Waals surface area contributed by atoms with Gasteiger partial charge in [-0.05, 0) is 12.1 Å². The van der Waals surface area contributed by atoms with E-state index >= 15 is 0 Å². The number of carboxylic acid groups (broad SMARTS) is 1. The molecule has 0 fully saturated rings. The first-order valence-corrected chi connectivity index (χ1v) is 3.33. The Bertz CT molecular complexity index is 278. The van der Waals surface area contributed by atoms with Crippen LogP contribution in [-0.4, -0.2) is 16.2 Å². The number of aliphatic hydroxyl groups is 1. The van der Waals surface area contributed by atoms with Crippen LogP contribution >= 0.6 is 0 Å². The molecule has 0 amide bonds. The fraction of sp³-hybridized carbons (Fsp3) is 0. The molecule has 1 rings (SSSR count). The van der Waals surface area contributed by atoms with Crippen molar-refractivity contribution in [3.8, 4) is 0 Å². The van der Waals surface area contributed by atoms with Gasteiger partial charge in [-0.1, -0.05) is 18.7 Å². The molecule has 0 bridgehead atoms. The van der Waals surface area contributed by atoms with Crippen LogP contribution in [0.5, 0.6) is 0 Å². The molecule has 0 heterocycles. The molecular weight excluding hydrogens is 156 g/mol. The normalized spacial score (nSPS) is 9.33. The van der Waals surface area contributed by atoms with E-state index in [2.05, 4.69) is 6.58 Å². The van der Waals surface area contributed by atoms with Gasteiger partial charge in [0, 0.05) is 5.56 Å². The number of carboxylic acids is 1. The van der Waals surface area contributed by atoms with Crippen LogP contribution in [0.3, 0.4) is 0 Å². The zero-order chi connectivity index (χ0) is 9.14. The molecule has 0 aromatic heterocycles. The van der Waals surface area contributed by atoms with E-state index in [0.717, 1.165) is 0 Å². The van der Waals surface area contributed by atoms with Crippen LogP contribution in [0.25, 0.3) is 5.76 Å². The van der Waals surface area contributed by atoms with Crippen LogP contribution in [-0.2, 0) is 0 Å². The number of benzene rings is 1. The van der Waals surface area contributed by atoms with Gasteiger partial charge in [0.2, 0.25) is 0 Å². The summed E-state index contributed by atoms with van der Waals surface area (Å²) in [6.45, 7) is 3.31. The first kappa shape index (κ1) is 8.33. The van der Waals surface area contributed by atoms with Gasteiger partial charge in [-0.2, -0.15) is 0 Å². The molecule has 12 heavy (non-hydrogen) atoms. The van der Waals surface area contributed by atoms with Crippen molar-refractivity contribution in [3.05, 3.63) is 42.0 Å². The van der Waals surface area contributed by atoms with Gasteiger partial charge >= 0.3 is 5.97 Å². The van der Waals surface area contributed by atoms with Crippen molar-refractivity contribution in [2.45, 2.75) is 0 Å². The number of hydrogen-bond acceptors (Lipinski definition) is 2. The molecule has 1 aromatic rings. The number of hydrogen-bond donors (Lipinski definition) is 2. The monoisotopic (exact) mass is 164 g/mol. The van der Waals surface area contributed by atoms with E-state index in [-0.39, 0.29) is 11.3 Å². The summed E-state index contributed by atoms with van der Waals surface area (Å²) in [6, 6.07) is 5.84. The van der Waals surface area contributed by atoms with Crippen molar-refractivity contribution in [1.29, 1.82) is 0 Å². The predicted molar refractivity (Wildman–Crippen MR) is 45.1 cm³/mol. The number of aliphatic hydroxyl groups excluding tert-OH is 1. The average Bonchev–Trinajstić information content (AvgIpc) is 2.04. The minimum Gasteiger partial charge on any atom is -0.508 e. The summed E-state index contributed by atoms with van der Waals surface area (Å²) in [5.41, 5.74) is 0.722. The maximum atomic E-state index is 10.4. The average molecular weight is 164 g/mol. The lowest BCUT2D eigenvalue weighted by atomic mass is 10.1. The van der Waals surface area contributed by atoms with Gasteiger partial charge in [-0.3, -0.25) is 0 Å². The van der Waals surface area contributed by atoms with Crippen LogP contribution in [0.15, 0.2) is 30.8 Å². The van der Waals surface area contributed by atoms with Gasteiger partial charge in [0.25, 0.3) is 0 Å². The largest absolute Gasteiger partial charge is 0.508 e. The highest BCUT2D eigenvalue weighted by atomic mass is 16.4. The van der Waals surface area contributed by atoms with Gasteiger partial charge in [0.1, 0.15) is 5.76 Å². The number of rotatable bonds is 2. The standard InChI is InChI=1S/C9H8O3/c1-6(10)7-2-4-8(5-3-7)9(11)12/h2-5,10H,1H2,(H,11,12). The molecule has 3 nitrogen and oxygen atoms in total. The zero-order valence-corrected chi connectivity index (χ0v) is 6.32. The van der Waals surface area contributed by atoms with Crippen LogP contribution < -0.4 is 0 Å². The smallest absolute Gasteiger partial charge is 0.335 e. The Morgan fingerprint density at radius 3 is 1.83 bits per heavy atom. The second kappa shape index (κ2) is 3.09. The predicted octanol–water partition coefficient (Wildman–Crippen LogP) is 1.91. The summed E-state index contributed by atoms with van der Waals surface area (Å²) in [7, 11) is 0. The second-order valence-electron chi connectivity index (χ2n) is 2.33. The Morgan fingerprint density at radius 1 is 1.08 bits per heavy atom. The molecule has 0 aliphatic rings. The van der Waals surface area contributed by atoms with Crippen LogP contribution in [0.2, 0.25) is 0 Å². The molecule has 62 valence electrons. The van der Waals surface area contributed by atoms with E-state index in [9.17, 15) is 4.79 Å². The molecule has 2 N–H and O–H groups in total. The van der Waals surface area contributed by atoms with Gasteiger partial charge in [0.15, 0.2) is 0 Å². The highest BCUT2D eigenvalue weighted by molar-refractivity contribution is 5.87. The van der Waals surface area contributed by atoms with Crippen molar-refractivity contribution < 1.29 is 15.0 Å². The second-order valence-corrected chi connectivity index (χ2v) is 2.33. The third-order valence-corrected chi connectivity index (χ3v) is 1.47. The Labute approximate surface area is 69.6 Å². The fourth-order valence-corrected chi connectivity index (χ4v) is 0.805. The lowest BCUT2D eigenvalue weighted by Crippen LogP contribution is -1.95. The first-order chi connectivity index (χ1) is 5.61. The quantitative estimate of drug-likeness (QED) is 0.656. The van der Waals surface area contributed by atoms with Crippen molar-refractivity contribution >= 4 is 11.7 Å². The molecule has 0 aliphatic heterocycles. The molecule has 0 radical (unpaired) electrons. The van der Waals surface area contributed by atoms with E-state index in [1.807, 2.05) is 0 Å². The van der Waals surface area contributed by atoms with Crippen molar-refractivity contribution in [2.24, 2.45) is 0 Å². The highest BCUT2D eigenvalue weighted by Crippen LogP contribution is 2.10. The SMILES string of the molecule is C=C(O)c1ccc(C(=O)O)cc1. The zero-order valence-electron chi connectivity index (χ0n) is 6.32. The molecule has 0 spiro atoms. The Morgan fingerprint density at radius 2 is 1.50 bits per heavy atom. The molecule has 0 aliphatic carbocycles. The molecule has 0 saturated carbocycles. The van der Waals surface area contributed by atoms with Gasteiger partial charge in [-0.25, -0.2) is 4.79 Å². The van der Waals surface area contributed by atoms with Gasteiger partial charge < -0.3 is 10.2 Å². The Hall–Kier alpha value is -1.77. The van der Waals surface area contributed by atoms with E-state index in [4.69, 9.17) is 10.2 Å². The maximum absolute atomic E-state index is 10.4. The van der Waals surface area contributed by atoms with Crippen molar-refractivity contribution in [3.63, 3.8) is 0 Å². The minimum atomic E-state index is -0.981.